The summed E-state index contributed by atoms with van der Waals surface area (Å²) in [6.45, 7) is 2.01. The number of rotatable bonds is 4. The van der Waals surface area contributed by atoms with Crippen LogP contribution in [0.1, 0.15) is 5.56 Å². The summed E-state index contributed by atoms with van der Waals surface area (Å²) in [5, 5.41) is 15.5. The van der Waals surface area contributed by atoms with Crippen molar-refractivity contribution in [2.75, 3.05) is 5.32 Å². The summed E-state index contributed by atoms with van der Waals surface area (Å²) < 4.78 is 2.47. The lowest BCUT2D eigenvalue weighted by Gasteiger charge is -2.04. The van der Waals surface area contributed by atoms with Crippen LogP contribution in [0.5, 0.6) is 0 Å². The van der Waals surface area contributed by atoms with Gasteiger partial charge in [-0.15, -0.1) is 5.10 Å². The Morgan fingerprint density at radius 2 is 2.04 bits per heavy atom. The number of hydrogen-bond acceptors (Lipinski definition) is 6. The maximum Gasteiger partial charge on any atom is 0.248 e. The molecule has 0 aliphatic rings. The molecule has 0 aliphatic carbocycles. The van der Waals surface area contributed by atoms with Gasteiger partial charge in [0.2, 0.25) is 5.91 Å². The third-order valence-electron chi connectivity index (χ3n) is 3.72. The monoisotopic (exact) mass is 384 g/mol. The highest BCUT2D eigenvalue weighted by Crippen LogP contribution is 2.26. The Bertz CT molecular complexity index is 1090. The number of aryl methyl sites for hydroxylation is 1. The molecule has 2 heterocycles. The topological polar surface area (TPSA) is 85.6 Å². The maximum absolute atomic E-state index is 12.4. The predicted molar refractivity (Wildman–Crippen MR) is 101 cm³/mol. The maximum atomic E-state index is 12.4. The van der Waals surface area contributed by atoms with Crippen molar-refractivity contribution in [2.24, 2.45) is 0 Å². The number of nitrogens with zero attached hydrogens (tertiary/aromatic N) is 5. The fourth-order valence-electron chi connectivity index (χ4n) is 2.50. The Morgan fingerprint density at radius 1 is 1.23 bits per heavy atom. The molecule has 0 spiro atoms. The van der Waals surface area contributed by atoms with Crippen molar-refractivity contribution in [3.63, 3.8) is 0 Å². The molecular weight excluding hydrogens is 372 g/mol. The third kappa shape index (κ3) is 3.42. The zero-order valence-corrected chi connectivity index (χ0v) is 15.3. The van der Waals surface area contributed by atoms with E-state index in [1.807, 2.05) is 25.1 Å². The Labute approximate surface area is 157 Å². The number of hydrogen-bond donors (Lipinski definition) is 1. The lowest BCUT2D eigenvalue weighted by molar-refractivity contribution is -0.116. The number of carbonyl (C=O) groups is 1. The normalized spacial score (nSPS) is 11.0. The summed E-state index contributed by atoms with van der Waals surface area (Å²) in [7, 11) is 0. The Balaban J connectivity index is 1.51. The molecular formula is C17H13ClN6OS. The zero-order chi connectivity index (χ0) is 18.1. The fraction of sp³-hybridized carbons (Fsp3) is 0.118. The standard InChI is InChI=1S/C17H13ClN6OS/c1-10-2-7-13-14(8-10)26-17(19-13)20-15(25)9-24-16(21-22-23-24)11-3-5-12(18)6-4-11/h2-8H,9H2,1H3,(H,19,20,25). The van der Waals surface area contributed by atoms with E-state index in [1.165, 1.54) is 16.0 Å². The Morgan fingerprint density at radius 3 is 2.85 bits per heavy atom. The van der Waals surface area contributed by atoms with E-state index in [2.05, 4.69) is 25.8 Å². The van der Waals surface area contributed by atoms with Crippen molar-refractivity contribution in [2.45, 2.75) is 13.5 Å². The van der Waals surface area contributed by atoms with E-state index in [9.17, 15) is 4.79 Å². The van der Waals surface area contributed by atoms with Crippen LogP contribution in [0.2, 0.25) is 5.02 Å². The van der Waals surface area contributed by atoms with Crippen LogP contribution in [0.4, 0.5) is 5.13 Å². The molecule has 4 aromatic rings. The number of tetrazole rings is 1. The molecule has 2 aromatic carbocycles. The highest BCUT2D eigenvalue weighted by atomic mass is 35.5. The zero-order valence-electron chi connectivity index (χ0n) is 13.7. The van der Waals surface area contributed by atoms with E-state index < -0.39 is 0 Å². The van der Waals surface area contributed by atoms with Crippen LogP contribution in [-0.4, -0.2) is 31.1 Å². The van der Waals surface area contributed by atoms with Crippen molar-refractivity contribution in [1.82, 2.24) is 25.2 Å². The molecule has 0 fully saturated rings. The van der Waals surface area contributed by atoms with E-state index in [0.717, 1.165) is 21.3 Å². The van der Waals surface area contributed by atoms with Crippen LogP contribution >= 0.6 is 22.9 Å². The van der Waals surface area contributed by atoms with Crippen molar-refractivity contribution < 1.29 is 4.79 Å². The summed E-state index contributed by atoms with van der Waals surface area (Å²) in [5.74, 6) is 0.250. The average molecular weight is 385 g/mol. The second-order valence-corrected chi connectivity index (χ2v) is 7.17. The van der Waals surface area contributed by atoms with Crippen LogP contribution < -0.4 is 5.32 Å². The van der Waals surface area contributed by atoms with Gasteiger partial charge >= 0.3 is 0 Å². The van der Waals surface area contributed by atoms with Crippen LogP contribution in [0, 0.1) is 6.92 Å². The van der Waals surface area contributed by atoms with Crippen LogP contribution in [-0.2, 0) is 11.3 Å². The first kappa shape index (κ1) is 16.6. The van der Waals surface area contributed by atoms with E-state index in [1.54, 1.807) is 24.3 Å². The van der Waals surface area contributed by atoms with Gasteiger partial charge < -0.3 is 5.32 Å². The molecule has 0 saturated carbocycles. The molecule has 0 atom stereocenters. The molecule has 0 unspecified atom stereocenters. The van der Waals surface area contributed by atoms with Crippen molar-refractivity contribution >= 4 is 44.2 Å². The van der Waals surface area contributed by atoms with Crippen LogP contribution in [0.15, 0.2) is 42.5 Å². The van der Waals surface area contributed by atoms with Crippen LogP contribution in [0.3, 0.4) is 0 Å². The number of aromatic nitrogens is 5. The summed E-state index contributed by atoms with van der Waals surface area (Å²) in [6.07, 6.45) is 0. The molecule has 1 N–H and O–H groups in total. The predicted octanol–water partition coefficient (Wildman–Crippen LogP) is 3.55. The molecule has 0 aliphatic heterocycles. The molecule has 9 heteroatoms. The van der Waals surface area contributed by atoms with Crippen molar-refractivity contribution in [1.29, 1.82) is 0 Å². The largest absolute Gasteiger partial charge is 0.300 e. The van der Waals surface area contributed by atoms with Gasteiger partial charge in [0.1, 0.15) is 6.54 Å². The molecule has 7 nitrogen and oxygen atoms in total. The number of benzene rings is 2. The smallest absolute Gasteiger partial charge is 0.248 e. The van der Waals surface area contributed by atoms with Gasteiger partial charge in [-0.3, -0.25) is 4.79 Å². The van der Waals surface area contributed by atoms with Gasteiger partial charge in [-0.25, -0.2) is 9.67 Å². The van der Waals surface area contributed by atoms with E-state index in [0.29, 0.717) is 16.0 Å². The van der Waals surface area contributed by atoms with Gasteiger partial charge in [0.05, 0.1) is 10.2 Å². The molecule has 0 bridgehead atoms. The molecule has 2 aromatic heterocycles. The number of fused-ring (bicyclic) bond motifs is 1. The van der Waals surface area contributed by atoms with Gasteiger partial charge in [-0.1, -0.05) is 29.0 Å². The first-order valence-electron chi connectivity index (χ1n) is 7.77. The minimum absolute atomic E-state index is 0.0140. The van der Waals surface area contributed by atoms with Crippen molar-refractivity contribution in [3.05, 3.63) is 53.1 Å². The molecule has 4 rings (SSSR count). The second-order valence-electron chi connectivity index (χ2n) is 5.71. The summed E-state index contributed by atoms with van der Waals surface area (Å²) in [4.78, 5) is 16.8. The highest BCUT2D eigenvalue weighted by molar-refractivity contribution is 7.22. The van der Waals surface area contributed by atoms with E-state index in [-0.39, 0.29) is 12.5 Å². The van der Waals surface area contributed by atoms with Crippen LogP contribution in [0.25, 0.3) is 21.6 Å². The Kier molecular flexibility index (Phi) is 4.36. The first-order chi connectivity index (χ1) is 12.6. The van der Waals surface area contributed by atoms with Gasteiger partial charge in [0.15, 0.2) is 11.0 Å². The van der Waals surface area contributed by atoms with E-state index >= 15 is 0 Å². The number of carbonyl (C=O) groups excluding carboxylic acids is 1. The van der Waals surface area contributed by atoms with Crippen molar-refractivity contribution in [3.8, 4) is 11.4 Å². The summed E-state index contributed by atoms with van der Waals surface area (Å²) in [6, 6.07) is 13.1. The lowest BCUT2D eigenvalue weighted by Crippen LogP contribution is -2.20. The van der Waals surface area contributed by atoms with Gasteiger partial charge in [0.25, 0.3) is 0 Å². The minimum Gasteiger partial charge on any atom is -0.300 e. The molecule has 130 valence electrons. The average Bonchev–Trinajstić information content (AvgIpc) is 3.21. The third-order valence-corrected chi connectivity index (χ3v) is 4.90. The first-order valence-corrected chi connectivity index (χ1v) is 8.97. The van der Waals surface area contributed by atoms with Gasteiger partial charge in [-0.05, 0) is 59.3 Å². The number of thiazole rings is 1. The lowest BCUT2D eigenvalue weighted by atomic mass is 10.2. The SMILES string of the molecule is Cc1ccc2nc(NC(=O)Cn3nnnc3-c3ccc(Cl)cc3)sc2c1. The summed E-state index contributed by atoms with van der Waals surface area (Å²) >= 11 is 7.34. The highest BCUT2D eigenvalue weighted by Gasteiger charge is 2.14. The van der Waals surface area contributed by atoms with Gasteiger partial charge in [0, 0.05) is 10.6 Å². The molecule has 0 saturated heterocycles. The molecule has 0 radical (unpaired) electrons. The Hall–Kier alpha value is -2.84. The van der Waals surface area contributed by atoms with E-state index in [4.69, 9.17) is 11.6 Å². The number of halogens is 1. The number of anilines is 1. The fourth-order valence-corrected chi connectivity index (χ4v) is 3.60. The number of amides is 1. The van der Waals surface area contributed by atoms with Gasteiger partial charge in [-0.2, -0.15) is 0 Å². The minimum atomic E-state index is -0.247. The second kappa shape index (κ2) is 6.81. The quantitative estimate of drug-likeness (QED) is 0.581. The summed E-state index contributed by atoms with van der Waals surface area (Å²) in [5.41, 5.74) is 2.79. The molecule has 1 amide bonds. The molecule has 26 heavy (non-hydrogen) atoms. The number of nitrogens with one attached hydrogen (secondary N) is 1.